The van der Waals surface area contributed by atoms with Crippen LogP contribution in [0.1, 0.15) is 33.6 Å². The zero-order valence-corrected chi connectivity index (χ0v) is 8.49. The topological polar surface area (TPSA) is 38.7 Å². The smallest absolute Gasteiger partial charge is 0.164 e. The van der Waals surface area contributed by atoms with Gasteiger partial charge in [0.25, 0.3) is 0 Å². The van der Waals surface area contributed by atoms with Crippen LogP contribution < -0.4 is 0 Å². The highest BCUT2D eigenvalue weighted by Gasteiger charge is 2.46. The van der Waals surface area contributed by atoms with Crippen LogP contribution >= 0.6 is 0 Å². The Labute approximate surface area is 79.0 Å². The molecule has 0 saturated carbocycles. The lowest BCUT2D eigenvalue weighted by atomic mass is 9.85. The maximum absolute atomic E-state index is 9.22. The van der Waals surface area contributed by atoms with Gasteiger partial charge in [0.1, 0.15) is 0 Å². The van der Waals surface area contributed by atoms with Crippen molar-refractivity contribution in [3.8, 4) is 0 Å². The van der Waals surface area contributed by atoms with Gasteiger partial charge in [0.15, 0.2) is 12.6 Å². The fourth-order valence-electron chi connectivity index (χ4n) is 2.09. The molecule has 3 heteroatoms. The van der Waals surface area contributed by atoms with Crippen molar-refractivity contribution in [3.05, 3.63) is 0 Å². The van der Waals surface area contributed by atoms with E-state index in [-0.39, 0.29) is 17.8 Å². The average molecular weight is 186 g/mol. The third-order valence-electron chi connectivity index (χ3n) is 2.96. The fourth-order valence-corrected chi connectivity index (χ4v) is 2.09. The summed E-state index contributed by atoms with van der Waals surface area (Å²) in [6.07, 6.45) is 1.27. The van der Waals surface area contributed by atoms with E-state index in [9.17, 15) is 5.11 Å². The highest BCUT2D eigenvalue weighted by atomic mass is 16.7. The molecule has 2 aliphatic heterocycles. The second-order valence-corrected chi connectivity index (χ2v) is 5.18. The Morgan fingerprint density at radius 2 is 1.85 bits per heavy atom. The number of hydrogen-bond donors (Lipinski definition) is 1. The number of aliphatic hydroxyl groups excluding tert-OH is 1. The van der Waals surface area contributed by atoms with E-state index in [0.29, 0.717) is 5.92 Å². The zero-order chi connectivity index (χ0) is 9.64. The van der Waals surface area contributed by atoms with E-state index in [2.05, 4.69) is 20.8 Å². The van der Waals surface area contributed by atoms with E-state index < -0.39 is 6.29 Å². The normalized spacial score (nSPS) is 45.2. The molecule has 0 aromatic carbocycles. The molecular formula is C10H18O3. The summed E-state index contributed by atoms with van der Waals surface area (Å²) in [5.74, 6) is 0.402. The minimum absolute atomic E-state index is 0.153. The first-order chi connectivity index (χ1) is 5.97. The van der Waals surface area contributed by atoms with E-state index in [0.717, 1.165) is 12.8 Å². The van der Waals surface area contributed by atoms with Crippen molar-refractivity contribution in [1.82, 2.24) is 0 Å². The Morgan fingerprint density at radius 3 is 2.38 bits per heavy atom. The van der Waals surface area contributed by atoms with Crippen LogP contribution in [0.3, 0.4) is 0 Å². The van der Waals surface area contributed by atoms with Crippen LogP contribution in [0.25, 0.3) is 0 Å². The zero-order valence-electron chi connectivity index (χ0n) is 8.49. The molecule has 76 valence electrons. The first-order valence-electron chi connectivity index (χ1n) is 4.96. The summed E-state index contributed by atoms with van der Waals surface area (Å²) in [6.45, 7) is 6.53. The Morgan fingerprint density at radius 1 is 1.15 bits per heavy atom. The second kappa shape index (κ2) is 2.94. The SMILES string of the molecule is CC(C)(C)[C@@H]1C[C@H]2CC(O)O[C@H]2O1. The highest BCUT2D eigenvalue weighted by molar-refractivity contribution is 4.88. The molecule has 2 aliphatic rings. The van der Waals surface area contributed by atoms with Crippen molar-refractivity contribution in [1.29, 1.82) is 0 Å². The molecule has 0 radical (unpaired) electrons. The van der Waals surface area contributed by atoms with Crippen LogP contribution in [0.2, 0.25) is 0 Å². The number of hydrogen-bond acceptors (Lipinski definition) is 3. The van der Waals surface area contributed by atoms with Crippen LogP contribution in [-0.4, -0.2) is 23.8 Å². The standard InChI is InChI=1S/C10H18O3/c1-10(2,3)7-4-6-5-8(11)13-9(6)12-7/h6-9,11H,4-5H2,1-3H3/t6-,7-,8?,9+/m0/s1. The first kappa shape index (κ1) is 9.44. The molecule has 0 bridgehead atoms. The molecule has 3 nitrogen and oxygen atoms in total. The Hall–Kier alpha value is -0.120. The second-order valence-electron chi connectivity index (χ2n) is 5.18. The molecule has 2 fully saturated rings. The molecule has 2 rings (SSSR count). The van der Waals surface area contributed by atoms with Crippen molar-refractivity contribution >= 4 is 0 Å². The van der Waals surface area contributed by atoms with Gasteiger partial charge in [-0.1, -0.05) is 20.8 Å². The van der Waals surface area contributed by atoms with Crippen molar-refractivity contribution in [2.75, 3.05) is 0 Å². The lowest BCUT2D eigenvalue weighted by molar-refractivity contribution is -0.200. The Balaban J connectivity index is 1.98. The molecule has 0 aromatic heterocycles. The van der Waals surface area contributed by atoms with Crippen LogP contribution in [0.4, 0.5) is 0 Å². The van der Waals surface area contributed by atoms with Crippen molar-refractivity contribution in [2.24, 2.45) is 11.3 Å². The van der Waals surface area contributed by atoms with Gasteiger partial charge >= 0.3 is 0 Å². The van der Waals surface area contributed by atoms with Gasteiger partial charge in [0.2, 0.25) is 0 Å². The predicted molar refractivity (Wildman–Crippen MR) is 47.9 cm³/mol. The lowest BCUT2D eigenvalue weighted by Crippen LogP contribution is -2.27. The highest BCUT2D eigenvalue weighted by Crippen LogP contribution is 2.42. The summed E-state index contributed by atoms with van der Waals surface area (Å²) in [5, 5.41) is 9.22. The van der Waals surface area contributed by atoms with Crippen molar-refractivity contribution in [3.63, 3.8) is 0 Å². The third kappa shape index (κ3) is 1.73. The van der Waals surface area contributed by atoms with Gasteiger partial charge in [-0.15, -0.1) is 0 Å². The fraction of sp³-hybridized carbons (Fsp3) is 1.00. The molecular weight excluding hydrogens is 168 g/mol. The first-order valence-corrected chi connectivity index (χ1v) is 4.96. The van der Waals surface area contributed by atoms with Gasteiger partial charge in [0, 0.05) is 12.3 Å². The van der Waals surface area contributed by atoms with E-state index in [1.54, 1.807) is 0 Å². The molecule has 0 aliphatic carbocycles. The molecule has 0 aromatic rings. The quantitative estimate of drug-likeness (QED) is 0.623. The molecule has 4 atom stereocenters. The summed E-state index contributed by atoms with van der Waals surface area (Å²) in [7, 11) is 0. The minimum Gasteiger partial charge on any atom is -0.368 e. The van der Waals surface area contributed by atoms with Gasteiger partial charge < -0.3 is 14.6 Å². The molecule has 1 N–H and O–H groups in total. The van der Waals surface area contributed by atoms with Crippen LogP contribution in [0.15, 0.2) is 0 Å². The van der Waals surface area contributed by atoms with Gasteiger partial charge in [-0.05, 0) is 11.8 Å². The lowest BCUT2D eigenvalue weighted by Gasteiger charge is -2.27. The maximum Gasteiger partial charge on any atom is 0.164 e. The largest absolute Gasteiger partial charge is 0.368 e. The maximum atomic E-state index is 9.22. The number of fused-ring (bicyclic) bond motifs is 1. The number of aliphatic hydroxyl groups is 1. The van der Waals surface area contributed by atoms with E-state index >= 15 is 0 Å². The molecule has 1 unspecified atom stereocenters. The van der Waals surface area contributed by atoms with Crippen molar-refractivity contribution < 1.29 is 14.6 Å². The van der Waals surface area contributed by atoms with Crippen LogP contribution in [-0.2, 0) is 9.47 Å². The van der Waals surface area contributed by atoms with Crippen LogP contribution in [0, 0.1) is 11.3 Å². The van der Waals surface area contributed by atoms with E-state index in [4.69, 9.17) is 9.47 Å². The molecule has 0 amide bonds. The predicted octanol–water partition coefficient (Wildman–Crippen LogP) is 1.50. The monoisotopic (exact) mass is 186 g/mol. The summed E-state index contributed by atoms with van der Waals surface area (Å²) < 4.78 is 11.0. The van der Waals surface area contributed by atoms with Crippen LogP contribution in [0.5, 0.6) is 0 Å². The summed E-state index contributed by atoms with van der Waals surface area (Å²) in [5.41, 5.74) is 0.179. The number of ether oxygens (including phenoxy) is 2. The molecule has 13 heavy (non-hydrogen) atoms. The molecule has 2 heterocycles. The molecule has 0 spiro atoms. The summed E-state index contributed by atoms with van der Waals surface area (Å²) >= 11 is 0. The average Bonchev–Trinajstić information content (AvgIpc) is 2.40. The van der Waals surface area contributed by atoms with E-state index in [1.807, 2.05) is 0 Å². The number of rotatable bonds is 0. The van der Waals surface area contributed by atoms with E-state index in [1.165, 1.54) is 0 Å². The van der Waals surface area contributed by atoms with Gasteiger partial charge in [-0.25, -0.2) is 0 Å². The third-order valence-corrected chi connectivity index (χ3v) is 2.96. The Bertz CT molecular complexity index is 183. The summed E-state index contributed by atoms with van der Waals surface area (Å²) in [4.78, 5) is 0. The van der Waals surface area contributed by atoms with Gasteiger partial charge in [0.05, 0.1) is 6.10 Å². The Kier molecular flexibility index (Phi) is 2.13. The molecule has 2 saturated heterocycles. The van der Waals surface area contributed by atoms with Crippen molar-refractivity contribution in [2.45, 2.75) is 52.3 Å². The summed E-state index contributed by atoms with van der Waals surface area (Å²) in [6, 6.07) is 0. The van der Waals surface area contributed by atoms with Gasteiger partial charge in [-0.2, -0.15) is 0 Å². The minimum atomic E-state index is -0.601. The van der Waals surface area contributed by atoms with Gasteiger partial charge in [-0.3, -0.25) is 0 Å².